The van der Waals surface area contributed by atoms with Crippen LogP contribution >= 0.6 is 0 Å². The predicted octanol–water partition coefficient (Wildman–Crippen LogP) is 2.69. The van der Waals surface area contributed by atoms with Gasteiger partial charge in [0.1, 0.15) is 11.5 Å². The summed E-state index contributed by atoms with van der Waals surface area (Å²) in [7, 11) is 1.67. The van der Waals surface area contributed by atoms with Gasteiger partial charge in [0.25, 0.3) is 5.91 Å². The molecular formula is C21H23N5O2. The van der Waals surface area contributed by atoms with Gasteiger partial charge in [0.2, 0.25) is 0 Å². The second-order valence-electron chi connectivity index (χ2n) is 6.64. The molecule has 1 aromatic carbocycles. The number of para-hydroxylation sites is 1. The largest absolute Gasteiger partial charge is 0.383 e. The molecule has 0 saturated heterocycles. The molecule has 0 aliphatic heterocycles. The molecule has 4 aromatic rings. The molecule has 28 heavy (non-hydrogen) atoms. The fourth-order valence-corrected chi connectivity index (χ4v) is 3.42. The summed E-state index contributed by atoms with van der Waals surface area (Å²) in [5, 5.41) is 12.5. The van der Waals surface area contributed by atoms with Gasteiger partial charge in [0, 0.05) is 43.7 Å². The molecular weight excluding hydrogens is 354 g/mol. The molecule has 0 fully saturated rings. The minimum atomic E-state index is -0.0709. The molecule has 144 valence electrons. The van der Waals surface area contributed by atoms with Crippen molar-refractivity contribution in [3.05, 3.63) is 66.2 Å². The van der Waals surface area contributed by atoms with Crippen molar-refractivity contribution in [3.8, 4) is 0 Å². The lowest BCUT2D eigenvalue weighted by Crippen LogP contribution is -2.27. The zero-order chi connectivity index (χ0) is 19.3. The molecule has 1 amide bonds. The van der Waals surface area contributed by atoms with Gasteiger partial charge in [-0.05, 0) is 30.7 Å². The molecule has 3 aromatic heterocycles. The summed E-state index contributed by atoms with van der Waals surface area (Å²) in [4.78, 5) is 12.8. The number of ether oxygens (including phenoxy) is 1. The summed E-state index contributed by atoms with van der Waals surface area (Å²) < 4.78 is 9.20. The third-order valence-electron chi connectivity index (χ3n) is 4.81. The summed E-state index contributed by atoms with van der Waals surface area (Å²) in [6.45, 7) is 1.77. The van der Waals surface area contributed by atoms with Crippen molar-refractivity contribution in [1.29, 1.82) is 0 Å². The molecule has 0 radical (unpaired) electrons. The van der Waals surface area contributed by atoms with E-state index in [-0.39, 0.29) is 5.91 Å². The van der Waals surface area contributed by atoms with Crippen LogP contribution in [0.15, 0.2) is 54.7 Å². The number of pyridine rings is 1. The second kappa shape index (κ2) is 8.22. The zero-order valence-corrected chi connectivity index (χ0v) is 15.8. The van der Waals surface area contributed by atoms with E-state index in [1.54, 1.807) is 7.11 Å². The minimum Gasteiger partial charge on any atom is -0.383 e. The van der Waals surface area contributed by atoms with Crippen LogP contribution < -0.4 is 5.32 Å². The van der Waals surface area contributed by atoms with Gasteiger partial charge in [-0.2, -0.15) is 0 Å². The Morgan fingerprint density at radius 2 is 2.00 bits per heavy atom. The topological polar surface area (TPSA) is 73.4 Å². The van der Waals surface area contributed by atoms with Crippen LogP contribution in [0, 0.1) is 0 Å². The Morgan fingerprint density at radius 3 is 2.89 bits per heavy atom. The van der Waals surface area contributed by atoms with Crippen molar-refractivity contribution < 1.29 is 9.53 Å². The fraction of sp³-hybridized carbons (Fsp3) is 0.286. The van der Waals surface area contributed by atoms with Crippen LogP contribution in [-0.2, 0) is 17.7 Å². The quantitative estimate of drug-likeness (QED) is 0.479. The number of amides is 1. The normalized spacial score (nSPS) is 11.3. The number of nitrogens with one attached hydrogen (secondary N) is 1. The molecule has 0 bridgehead atoms. The van der Waals surface area contributed by atoms with Gasteiger partial charge >= 0.3 is 0 Å². The zero-order valence-electron chi connectivity index (χ0n) is 15.8. The van der Waals surface area contributed by atoms with Gasteiger partial charge in [0.05, 0.1) is 6.61 Å². The third kappa shape index (κ3) is 3.61. The first-order valence-corrected chi connectivity index (χ1v) is 9.42. The monoisotopic (exact) mass is 377 g/mol. The summed E-state index contributed by atoms with van der Waals surface area (Å²) in [6.07, 6.45) is 3.50. The van der Waals surface area contributed by atoms with Crippen molar-refractivity contribution in [2.75, 3.05) is 20.3 Å². The number of hydrogen-bond acceptors (Lipinski definition) is 4. The number of benzene rings is 1. The molecule has 0 saturated carbocycles. The molecule has 0 atom stereocenters. The number of nitrogens with zero attached hydrogens (tertiary/aromatic N) is 4. The fourth-order valence-electron chi connectivity index (χ4n) is 3.42. The summed E-state index contributed by atoms with van der Waals surface area (Å²) >= 11 is 0. The third-order valence-corrected chi connectivity index (χ3v) is 4.81. The predicted molar refractivity (Wildman–Crippen MR) is 107 cm³/mol. The average Bonchev–Trinajstić information content (AvgIpc) is 3.31. The smallest absolute Gasteiger partial charge is 0.267 e. The van der Waals surface area contributed by atoms with E-state index in [0.717, 1.165) is 35.2 Å². The van der Waals surface area contributed by atoms with Crippen LogP contribution in [0.2, 0.25) is 0 Å². The van der Waals surface area contributed by atoms with Crippen LogP contribution in [0.3, 0.4) is 0 Å². The van der Waals surface area contributed by atoms with E-state index in [9.17, 15) is 4.79 Å². The van der Waals surface area contributed by atoms with Crippen LogP contribution in [0.5, 0.6) is 0 Å². The highest BCUT2D eigenvalue weighted by molar-refractivity contribution is 5.98. The number of carbonyl (C=O) groups excluding carboxylic acids is 1. The van der Waals surface area contributed by atoms with E-state index in [1.807, 2.05) is 63.7 Å². The van der Waals surface area contributed by atoms with Gasteiger partial charge in [0.15, 0.2) is 5.65 Å². The van der Waals surface area contributed by atoms with Crippen LogP contribution in [-0.4, -0.2) is 45.3 Å². The van der Waals surface area contributed by atoms with E-state index in [1.165, 1.54) is 0 Å². The number of hydrogen-bond donors (Lipinski definition) is 1. The van der Waals surface area contributed by atoms with Crippen molar-refractivity contribution in [2.45, 2.75) is 19.4 Å². The number of aryl methyl sites for hydroxylation is 1. The lowest BCUT2D eigenvalue weighted by atomic mass is 10.2. The van der Waals surface area contributed by atoms with Crippen molar-refractivity contribution in [2.24, 2.45) is 0 Å². The lowest BCUT2D eigenvalue weighted by Gasteiger charge is -2.10. The van der Waals surface area contributed by atoms with E-state index in [0.29, 0.717) is 25.4 Å². The highest BCUT2D eigenvalue weighted by Gasteiger charge is 2.15. The summed E-state index contributed by atoms with van der Waals surface area (Å²) in [6, 6.07) is 15.8. The van der Waals surface area contributed by atoms with Crippen molar-refractivity contribution >= 4 is 22.5 Å². The molecule has 0 aliphatic carbocycles. The number of carbonyl (C=O) groups is 1. The number of fused-ring (bicyclic) bond motifs is 2. The lowest BCUT2D eigenvalue weighted by molar-refractivity contribution is 0.0941. The Labute approximate surface area is 162 Å². The maximum absolute atomic E-state index is 12.8. The van der Waals surface area contributed by atoms with E-state index in [4.69, 9.17) is 4.74 Å². The highest BCUT2D eigenvalue weighted by atomic mass is 16.5. The van der Waals surface area contributed by atoms with Crippen LogP contribution in [0.1, 0.15) is 22.7 Å². The minimum absolute atomic E-state index is 0.0709. The molecule has 7 heteroatoms. The van der Waals surface area contributed by atoms with Gasteiger partial charge in [-0.3, -0.25) is 9.20 Å². The standard InChI is InChI=1S/C21H23N5O2/c1-28-14-13-25-17-8-3-2-7-16(17)15-18(25)21(27)22-11-6-10-20-24-23-19-9-4-5-12-26(19)20/h2-5,7-9,12,15H,6,10-11,13-14H2,1H3,(H,22,27). The Bertz CT molecular complexity index is 1100. The van der Waals surface area contributed by atoms with Crippen LogP contribution in [0.25, 0.3) is 16.6 Å². The second-order valence-corrected chi connectivity index (χ2v) is 6.64. The average molecular weight is 377 g/mol. The number of methoxy groups -OCH3 is 1. The molecule has 0 unspecified atom stereocenters. The maximum atomic E-state index is 12.8. The Balaban J connectivity index is 1.41. The Hall–Kier alpha value is -3.19. The van der Waals surface area contributed by atoms with Gasteiger partial charge in [-0.1, -0.05) is 24.3 Å². The van der Waals surface area contributed by atoms with Crippen molar-refractivity contribution in [3.63, 3.8) is 0 Å². The van der Waals surface area contributed by atoms with Crippen molar-refractivity contribution in [1.82, 2.24) is 24.5 Å². The molecule has 0 aliphatic rings. The summed E-state index contributed by atoms with van der Waals surface area (Å²) in [5.74, 6) is 0.831. The molecule has 0 spiro atoms. The van der Waals surface area contributed by atoms with Gasteiger partial charge in [-0.15, -0.1) is 10.2 Å². The Kier molecular flexibility index (Phi) is 5.34. The first kappa shape index (κ1) is 18.2. The number of aromatic nitrogens is 4. The number of rotatable bonds is 8. The van der Waals surface area contributed by atoms with Gasteiger partial charge < -0.3 is 14.6 Å². The van der Waals surface area contributed by atoms with Crippen LogP contribution in [0.4, 0.5) is 0 Å². The maximum Gasteiger partial charge on any atom is 0.267 e. The first-order chi connectivity index (χ1) is 13.8. The van der Waals surface area contributed by atoms with E-state index < -0.39 is 0 Å². The van der Waals surface area contributed by atoms with E-state index in [2.05, 4.69) is 15.5 Å². The first-order valence-electron chi connectivity index (χ1n) is 9.42. The molecule has 1 N–H and O–H groups in total. The Morgan fingerprint density at radius 1 is 1.14 bits per heavy atom. The molecule has 7 nitrogen and oxygen atoms in total. The van der Waals surface area contributed by atoms with Gasteiger partial charge in [-0.25, -0.2) is 0 Å². The molecule has 4 rings (SSSR count). The SMILES string of the molecule is COCCn1c(C(=O)NCCCc2nnc3ccccn23)cc2ccccc21. The van der Waals surface area contributed by atoms with E-state index >= 15 is 0 Å². The molecule has 3 heterocycles. The summed E-state index contributed by atoms with van der Waals surface area (Å²) in [5.41, 5.74) is 2.54. The highest BCUT2D eigenvalue weighted by Crippen LogP contribution is 2.20.